The maximum Gasteiger partial charge on any atom is 0.199 e. The first kappa shape index (κ1) is 26.2. The van der Waals surface area contributed by atoms with Crippen LogP contribution >= 0.6 is 0 Å². The van der Waals surface area contributed by atoms with E-state index in [4.69, 9.17) is 9.47 Å². The molecule has 200 valence electrons. The van der Waals surface area contributed by atoms with Crippen molar-refractivity contribution in [1.29, 1.82) is 0 Å². The van der Waals surface area contributed by atoms with Crippen molar-refractivity contribution in [3.63, 3.8) is 0 Å². The molecule has 0 amide bonds. The van der Waals surface area contributed by atoms with Gasteiger partial charge in [0.25, 0.3) is 0 Å². The normalized spacial score (nSPS) is 14.8. The van der Waals surface area contributed by atoms with Gasteiger partial charge in [0, 0.05) is 51.1 Å². The monoisotopic (exact) mass is 522 g/mol. The third-order valence-corrected chi connectivity index (χ3v) is 6.66. The van der Waals surface area contributed by atoms with Crippen molar-refractivity contribution in [2.24, 2.45) is 0 Å². The number of H-pyrrole nitrogens is 2. The lowest BCUT2D eigenvalue weighted by molar-refractivity contribution is -0.105. The molecule has 0 spiro atoms. The van der Waals surface area contributed by atoms with E-state index in [1.54, 1.807) is 12.1 Å². The predicted octanol–water partition coefficient (Wildman–Crippen LogP) is 8.42. The van der Waals surface area contributed by atoms with Crippen LogP contribution < -0.4 is 4.74 Å². The number of para-hydroxylation sites is 2. The molecule has 2 aromatic heterocycles. The number of ether oxygens (including phenoxy) is 3. The van der Waals surface area contributed by atoms with Gasteiger partial charge in [-0.2, -0.15) is 0 Å². The van der Waals surface area contributed by atoms with Gasteiger partial charge in [0.15, 0.2) is 6.29 Å². The minimum Gasteiger partial charge on any atom is -0.508 e. The molecule has 0 saturated carbocycles. The lowest BCUT2D eigenvalue weighted by Gasteiger charge is -2.23. The summed E-state index contributed by atoms with van der Waals surface area (Å²) in [6.45, 7) is 6.78. The number of hydrogen-bond acceptors (Lipinski definition) is 4. The van der Waals surface area contributed by atoms with E-state index in [0.717, 1.165) is 59.3 Å². The zero-order valence-corrected chi connectivity index (χ0v) is 22.2. The maximum absolute atomic E-state index is 9.34. The molecule has 0 radical (unpaired) electrons. The fraction of sp³-hybridized carbons (Fsp3) is 0.212. The molecule has 39 heavy (non-hydrogen) atoms. The largest absolute Gasteiger partial charge is 0.508 e. The van der Waals surface area contributed by atoms with Crippen molar-refractivity contribution in [2.75, 3.05) is 13.2 Å². The molecule has 3 heterocycles. The highest BCUT2D eigenvalue weighted by atomic mass is 16.7. The van der Waals surface area contributed by atoms with E-state index in [9.17, 15) is 5.11 Å². The number of nitrogens with one attached hydrogen (secondary N) is 2. The molecular weight excluding hydrogens is 488 g/mol. The van der Waals surface area contributed by atoms with Crippen LogP contribution in [0.1, 0.15) is 26.2 Å². The van der Waals surface area contributed by atoms with E-state index >= 15 is 0 Å². The molecule has 6 heteroatoms. The van der Waals surface area contributed by atoms with Gasteiger partial charge in [0.05, 0.1) is 30.5 Å². The molecule has 1 unspecified atom stereocenters. The minimum absolute atomic E-state index is 0.0921. The molecule has 1 saturated heterocycles. The van der Waals surface area contributed by atoms with E-state index in [2.05, 4.69) is 57.7 Å². The van der Waals surface area contributed by atoms with Gasteiger partial charge in [-0.1, -0.05) is 43.0 Å². The Kier molecular flexibility index (Phi) is 8.34. The highest BCUT2D eigenvalue weighted by Gasteiger charge is 2.15. The van der Waals surface area contributed by atoms with Crippen LogP contribution in [0.25, 0.3) is 43.6 Å². The Hall–Kier alpha value is -4.42. The van der Waals surface area contributed by atoms with Gasteiger partial charge < -0.3 is 29.3 Å². The SMILES string of the molecule is C=COCC.Oc1ccc2c(c1)[nH]c1ccccc12.c1ccc2c(c1)[nH]c1cc(OC3CCCCO3)ccc12. The van der Waals surface area contributed by atoms with E-state index in [0.29, 0.717) is 5.75 Å². The maximum atomic E-state index is 9.34. The Labute approximate surface area is 227 Å². The van der Waals surface area contributed by atoms with Crippen molar-refractivity contribution in [3.8, 4) is 11.5 Å². The van der Waals surface area contributed by atoms with Crippen molar-refractivity contribution < 1.29 is 19.3 Å². The molecule has 0 bridgehead atoms. The first-order chi connectivity index (χ1) is 19.2. The van der Waals surface area contributed by atoms with Gasteiger partial charge in [-0.3, -0.25) is 0 Å². The smallest absolute Gasteiger partial charge is 0.199 e. The average molecular weight is 523 g/mol. The summed E-state index contributed by atoms with van der Waals surface area (Å²) in [7, 11) is 0. The fourth-order valence-corrected chi connectivity index (χ4v) is 4.82. The summed E-state index contributed by atoms with van der Waals surface area (Å²) < 4.78 is 16.1. The van der Waals surface area contributed by atoms with Gasteiger partial charge in [-0.25, -0.2) is 0 Å². The lowest BCUT2D eigenvalue weighted by Crippen LogP contribution is -2.24. The van der Waals surface area contributed by atoms with E-state index in [-0.39, 0.29) is 6.29 Å². The molecule has 6 nitrogen and oxygen atoms in total. The average Bonchev–Trinajstić information content (AvgIpc) is 3.52. The van der Waals surface area contributed by atoms with Crippen LogP contribution in [0.4, 0.5) is 0 Å². The summed E-state index contributed by atoms with van der Waals surface area (Å²) in [6.07, 6.45) is 4.64. The van der Waals surface area contributed by atoms with Gasteiger partial charge >= 0.3 is 0 Å². The van der Waals surface area contributed by atoms with Crippen LogP contribution in [0, 0.1) is 0 Å². The second kappa shape index (κ2) is 12.4. The highest BCUT2D eigenvalue weighted by Crippen LogP contribution is 2.30. The van der Waals surface area contributed by atoms with Gasteiger partial charge in [0.2, 0.25) is 0 Å². The van der Waals surface area contributed by atoms with E-state index < -0.39 is 0 Å². The summed E-state index contributed by atoms with van der Waals surface area (Å²) in [4.78, 5) is 6.69. The number of aromatic nitrogens is 2. The fourth-order valence-electron chi connectivity index (χ4n) is 4.82. The molecule has 4 aromatic carbocycles. The number of fused-ring (bicyclic) bond motifs is 6. The molecule has 0 aliphatic carbocycles. The molecule has 1 fully saturated rings. The molecule has 1 aliphatic rings. The molecule has 3 N–H and O–H groups in total. The second-order valence-corrected chi connectivity index (χ2v) is 9.31. The number of aromatic amines is 2. The zero-order valence-electron chi connectivity index (χ0n) is 22.2. The van der Waals surface area contributed by atoms with Crippen LogP contribution in [0.2, 0.25) is 0 Å². The van der Waals surface area contributed by atoms with Crippen molar-refractivity contribution in [1.82, 2.24) is 9.97 Å². The first-order valence-electron chi connectivity index (χ1n) is 13.4. The number of aromatic hydroxyl groups is 1. The summed E-state index contributed by atoms with van der Waals surface area (Å²) in [6, 6.07) is 28.1. The van der Waals surface area contributed by atoms with Crippen molar-refractivity contribution in [3.05, 3.63) is 97.8 Å². The van der Waals surface area contributed by atoms with Crippen LogP contribution in [0.15, 0.2) is 97.8 Å². The minimum atomic E-state index is -0.0921. The highest BCUT2D eigenvalue weighted by molar-refractivity contribution is 6.08. The van der Waals surface area contributed by atoms with E-state index in [1.165, 1.54) is 28.8 Å². The first-order valence-corrected chi connectivity index (χ1v) is 13.4. The number of hydrogen-bond donors (Lipinski definition) is 3. The number of phenolic OH excluding ortho intramolecular Hbond substituents is 1. The van der Waals surface area contributed by atoms with Gasteiger partial charge in [0.1, 0.15) is 11.5 Å². The van der Waals surface area contributed by atoms with Crippen LogP contribution in [0.3, 0.4) is 0 Å². The summed E-state index contributed by atoms with van der Waals surface area (Å²) in [5.41, 5.74) is 4.35. The Morgan fingerprint density at radius 3 is 2.03 bits per heavy atom. The topological polar surface area (TPSA) is 79.5 Å². The summed E-state index contributed by atoms with van der Waals surface area (Å²) in [5.74, 6) is 1.17. The lowest BCUT2D eigenvalue weighted by atomic mass is 10.1. The number of rotatable bonds is 4. The summed E-state index contributed by atoms with van der Waals surface area (Å²) in [5, 5.41) is 14.2. The van der Waals surface area contributed by atoms with Gasteiger partial charge in [-0.05, 0) is 56.2 Å². The Morgan fingerprint density at radius 2 is 1.44 bits per heavy atom. The zero-order chi connectivity index (χ0) is 27.0. The van der Waals surface area contributed by atoms with Crippen molar-refractivity contribution >= 4 is 43.6 Å². The Morgan fingerprint density at radius 1 is 0.821 bits per heavy atom. The second-order valence-electron chi connectivity index (χ2n) is 9.31. The Balaban J connectivity index is 0.000000141. The molecular formula is C33H34N2O4. The quantitative estimate of drug-likeness (QED) is 0.203. The Bertz CT molecular complexity index is 1680. The van der Waals surface area contributed by atoms with E-state index in [1.807, 2.05) is 43.3 Å². The molecule has 1 aliphatic heterocycles. The third kappa shape index (κ3) is 6.19. The number of phenols is 1. The summed E-state index contributed by atoms with van der Waals surface area (Å²) >= 11 is 0. The van der Waals surface area contributed by atoms with Crippen molar-refractivity contribution in [2.45, 2.75) is 32.5 Å². The van der Waals surface area contributed by atoms with Crippen LogP contribution in [-0.2, 0) is 9.47 Å². The number of benzene rings is 4. The molecule has 1 atom stereocenters. The third-order valence-electron chi connectivity index (χ3n) is 6.66. The standard InChI is InChI=1S/C17H17NO2.C12H9NO.C4H8O/c1-2-6-15-13(5-1)14-9-8-12(11-16(14)18-15)20-17-7-3-4-10-19-17;14-8-5-6-10-9-3-1-2-4-11(9)13-12(10)7-8;1-3-5-4-2/h1-2,5-6,8-9,11,17-18H,3-4,7,10H2;1-7,13-14H;3H,1,4H2,2H3. The van der Waals surface area contributed by atoms with Gasteiger partial charge in [-0.15, -0.1) is 0 Å². The van der Waals surface area contributed by atoms with Crippen LogP contribution in [-0.4, -0.2) is 34.6 Å². The van der Waals surface area contributed by atoms with Crippen LogP contribution in [0.5, 0.6) is 11.5 Å². The molecule has 7 rings (SSSR count). The molecule has 6 aromatic rings. The predicted molar refractivity (Wildman–Crippen MR) is 159 cm³/mol.